The first-order chi connectivity index (χ1) is 18.1. The van der Waals surface area contributed by atoms with Crippen molar-refractivity contribution in [2.75, 3.05) is 31.1 Å². The van der Waals surface area contributed by atoms with E-state index in [-0.39, 0.29) is 55.0 Å². The maximum atomic E-state index is 13.4. The van der Waals surface area contributed by atoms with Crippen LogP contribution in [0.25, 0.3) is 0 Å². The summed E-state index contributed by atoms with van der Waals surface area (Å²) in [7, 11) is 0. The number of nitrogens with zero attached hydrogens (tertiary/aromatic N) is 7. The maximum absolute atomic E-state index is 13.4. The molecule has 4 aliphatic rings. The van der Waals surface area contributed by atoms with E-state index in [1.165, 1.54) is 0 Å². The first kappa shape index (κ1) is 25.4. The summed E-state index contributed by atoms with van der Waals surface area (Å²) < 4.78 is 40.6. The second-order valence-electron chi connectivity index (χ2n) is 10.8. The number of pyridine rings is 1. The zero-order valence-electron chi connectivity index (χ0n) is 21.0. The molecule has 9 nitrogen and oxygen atoms in total. The minimum atomic E-state index is -4.57. The second kappa shape index (κ2) is 9.39. The van der Waals surface area contributed by atoms with Gasteiger partial charge in [0.05, 0.1) is 29.5 Å². The minimum absolute atomic E-state index is 0.0122. The number of fused-ring (bicyclic) bond motifs is 2. The smallest absolute Gasteiger partial charge is 0.370 e. The molecule has 3 aliphatic heterocycles. The van der Waals surface area contributed by atoms with Crippen LogP contribution in [0.2, 0.25) is 5.02 Å². The third-order valence-corrected chi connectivity index (χ3v) is 8.54. The Hall–Kier alpha value is -2.89. The molecule has 0 radical (unpaired) electrons. The van der Waals surface area contributed by atoms with Gasteiger partial charge >= 0.3 is 6.18 Å². The van der Waals surface area contributed by atoms with Gasteiger partial charge in [0, 0.05) is 56.3 Å². The fourth-order valence-electron chi connectivity index (χ4n) is 6.08. The molecule has 1 saturated heterocycles. The van der Waals surface area contributed by atoms with E-state index in [1.807, 2.05) is 11.8 Å². The third-order valence-electron chi connectivity index (χ3n) is 8.26. The van der Waals surface area contributed by atoms with Crippen molar-refractivity contribution in [2.24, 2.45) is 17.8 Å². The van der Waals surface area contributed by atoms with Crippen molar-refractivity contribution in [3.8, 4) is 0 Å². The van der Waals surface area contributed by atoms with Gasteiger partial charge < -0.3 is 19.3 Å². The van der Waals surface area contributed by atoms with E-state index in [4.69, 9.17) is 11.6 Å². The number of amides is 2. The van der Waals surface area contributed by atoms with E-state index >= 15 is 0 Å². The van der Waals surface area contributed by atoms with Crippen LogP contribution < -0.4 is 4.90 Å². The molecule has 13 heteroatoms. The molecule has 0 bridgehead atoms. The molecule has 0 aromatic carbocycles. The van der Waals surface area contributed by atoms with Crippen molar-refractivity contribution < 1.29 is 22.8 Å². The molecule has 2 amide bonds. The van der Waals surface area contributed by atoms with Crippen LogP contribution in [0.5, 0.6) is 0 Å². The Morgan fingerprint density at radius 2 is 1.76 bits per heavy atom. The van der Waals surface area contributed by atoms with Gasteiger partial charge in [0.25, 0.3) is 0 Å². The Kier molecular flexibility index (Phi) is 6.27. The zero-order valence-corrected chi connectivity index (χ0v) is 21.8. The van der Waals surface area contributed by atoms with Gasteiger partial charge in [-0.05, 0) is 31.6 Å². The van der Waals surface area contributed by atoms with Gasteiger partial charge in [0.1, 0.15) is 0 Å². The van der Waals surface area contributed by atoms with Crippen LogP contribution in [0.1, 0.15) is 49.1 Å². The lowest BCUT2D eigenvalue weighted by atomic mass is 9.85. The Morgan fingerprint density at radius 3 is 2.47 bits per heavy atom. The summed E-state index contributed by atoms with van der Waals surface area (Å²) in [6.45, 7) is 4.67. The molecule has 6 rings (SSSR count). The van der Waals surface area contributed by atoms with Crippen LogP contribution in [0.3, 0.4) is 0 Å². The second-order valence-corrected chi connectivity index (χ2v) is 11.2. The van der Waals surface area contributed by atoms with Crippen LogP contribution in [0.4, 0.5) is 18.9 Å². The van der Waals surface area contributed by atoms with Gasteiger partial charge in [-0.25, -0.2) is 0 Å². The highest BCUT2D eigenvalue weighted by molar-refractivity contribution is 6.33. The first-order valence-corrected chi connectivity index (χ1v) is 13.5. The predicted molar refractivity (Wildman–Crippen MR) is 131 cm³/mol. The number of alkyl halides is 3. The van der Waals surface area contributed by atoms with Crippen LogP contribution in [0.15, 0.2) is 6.20 Å². The maximum Gasteiger partial charge on any atom is 0.451 e. The SMILES string of the molecule is C[C@@H]1CN(c2c(Cl)cnc3c2CCN(C(=O)C2CC2)C3)CC[C@@H]1C(=O)N1CCn2c(nnc2C(F)(F)F)C1. The normalized spacial score (nSPS) is 23.8. The molecule has 2 aromatic rings. The molecule has 2 fully saturated rings. The highest BCUT2D eigenvalue weighted by Gasteiger charge is 2.42. The van der Waals surface area contributed by atoms with Crippen LogP contribution >= 0.6 is 11.6 Å². The number of hydrogen-bond acceptors (Lipinski definition) is 6. The van der Waals surface area contributed by atoms with Crippen molar-refractivity contribution >= 4 is 29.1 Å². The number of rotatable bonds is 3. The number of piperidine rings is 1. The number of carbonyl (C=O) groups excluding carboxylic acids is 2. The average molecular weight is 552 g/mol. The van der Waals surface area contributed by atoms with E-state index in [0.29, 0.717) is 44.0 Å². The summed E-state index contributed by atoms with van der Waals surface area (Å²) in [5.41, 5.74) is 2.90. The zero-order chi connectivity index (χ0) is 26.8. The number of aromatic nitrogens is 4. The van der Waals surface area contributed by atoms with Gasteiger partial charge in [-0.3, -0.25) is 14.6 Å². The summed E-state index contributed by atoms with van der Waals surface area (Å²) in [4.78, 5) is 36.3. The summed E-state index contributed by atoms with van der Waals surface area (Å²) in [6.07, 6.45) is 0.326. The van der Waals surface area contributed by atoms with E-state index < -0.39 is 12.0 Å². The standard InChI is InChI=1S/C25H29ClF3N7O2/c1-14-11-33(21-17-5-7-34(22(37)15-2-3-15)12-19(17)30-10-18(21)26)6-4-16(14)23(38)35-8-9-36-20(13-35)31-32-24(36)25(27,28)29/h10,14-16H,2-9,11-13H2,1H3/t14-,16+/m1/s1. The van der Waals surface area contributed by atoms with Gasteiger partial charge in [-0.1, -0.05) is 18.5 Å². The molecule has 1 saturated carbocycles. The van der Waals surface area contributed by atoms with E-state index in [9.17, 15) is 22.8 Å². The molecular weight excluding hydrogens is 523 g/mol. The van der Waals surface area contributed by atoms with Crippen molar-refractivity contribution in [2.45, 2.75) is 58.4 Å². The van der Waals surface area contributed by atoms with Crippen LogP contribution in [0, 0.1) is 17.8 Å². The van der Waals surface area contributed by atoms with Gasteiger partial charge in [0.15, 0.2) is 5.82 Å². The van der Waals surface area contributed by atoms with Crippen molar-refractivity contribution in [1.82, 2.24) is 29.5 Å². The highest BCUT2D eigenvalue weighted by Crippen LogP contribution is 2.39. The number of hydrogen-bond donors (Lipinski definition) is 0. The third kappa shape index (κ3) is 4.50. The molecule has 1 aliphatic carbocycles. The number of anilines is 1. The van der Waals surface area contributed by atoms with E-state index in [1.54, 1.807) is 11.1 Å². The molecule has 2 atom stereocenters. The molecule has 2 aromatic heterocycles. The molecule has 204 valence electrons. The molecule has 0 spiro atoms. The average Bonchev–Trinajstić information content (AvgIpc) is 3.64. The molecule has 38 heavy (non-hydrogen) atoms. The van der Waals surface area contributed by atoms with E-state index in [0.717, 1.165) is 34.4 Å². The van der Waals surface area contributed by atoms with E-state index in [2.05, 4.69) is 20.1 Å². The van der Waals surface area contributed by atoms with Gasteiger partial charge in [0.2, 0.25) is 17.6 Å². The summed E-state index contributed by atoms with van der Waals surface area (Å²) in [6, 6.07) is 0. The van der Waals surface area contributed by atoms with Crippen molar-refractivity contribution in [3.63, 3.8) is 0 Å². The quantitative estimate of drug-likeness (QED) is 0.582. The van der Waals surface area contributed by atoms with Crippen LogP contribution in [-0.4, -0.2) is 67.5 Å². The lowest BCUT2D eigenvalue weighted by Crippen LogP contribution is -2.49. The Balaban J connectivity index is 1.14. The highest BCUT2D eigenvalue weighted by atomic mass is 35.5. The Morgan fingerprint density at radius 1 is 1.00 bits per heavy atom. The summed E-state index contributed by atoms with van der Waals surface area (Å²) in [5.74, 6) is -0.761. The van der Waals surface area contributed by atoms with Gasteiger partial charge in [-0.15, -0.1) is 10.2 Å². The van der Waals surface area contributed by atoms with Crippen molar-refractivity contribution in [1.29, 1.82) is 0 Å². The monoisotopic (exact) mass is 551 g/mol. The molecule has 0 unspecified atom stereocenters. The minimum Gasteiger partial charge on any atom is -0.370 e. The number of halogens is 4. The largest absolute Gasteiger partial charge is 0.451 e. The summed E-state index contributed by atoms with van der Waals surface area (Å²) >= 11 is 6.65. The fourth-order valence-corrected chi connectivity index (χ4v) is 6.37. The lowest BCUT2D eigenvalue weighted by molar-refractivity contribution is -0.148. The molecular formula is C25H29ClF3N7O2. The van der Waals surface area contributed by atoms with Gasteiger partial charge in [-0.2, -0.15) is 13.2 Å². The Labute approximate surface area is 222 Å². The topological polar surface area (TPSA) is 87.5 Å². The predicted octanol–water partition coefficient (Wildman–Crippen LogP) is 3.14. The fraction of sp³-hybridized carbons (Fsp3) is 0.640. The molecule has 5 heterocycles. The lowest BCUT2D eigenvalue weighted by Gasteiger charge is -2.42. The first-order valence-electron chi connectivity index (χ1n) is 13.1. The Bertz CT molecular complexity index is 1280. The number of carbonyl (C=O) groups is 2. The van der Waals surface area contributed by atoms with Crippen molar-refractivity contribution in [3.05, 3.63) is 34.1 Å². The van der Waals surface area contributed by atoms with Crippen LogP contribution in [-0.2, 0) is 41.8 Å². The summed E-state index contributed by atoms with van der Waals surface area (Å²) in [5, 5.41) is 7.57. The molecule has 0 N–H and O–H groups in total.